The molecule has 0 radical (unpaired) electrons. The Labute approximate surface area is 101 Å². The topological polar surface area (TPSA) is 32.5 Å². The first-order valence-electron chi connectivity index (χ1n) is 5.99. The van der Waals surface area contributed by atoms with Crippen molar-refractivity contribution in [3.05, 3.63) is 0 Å². The van der Waals surface area contributed by atoms with Crippen LogP contribution in [0.15, 0.2) is 0 Å². The minimum atomic E-state index is -4.05. The van der Waals surface area contributed by atoms with Crippen molar-refractivity contribution >= 4 is 0 Å². The van der Waals surface area contributed by atoms with Gasteiger partial charge in [0.25, 0.3) is 0 Å². The van der Waals surface area contributed by atoms with Crippen molar-refractivity contribution in [1.29, 1.82) is 0 Å². The lowest BCUT2D eigenvalue weighted by atomic mass is 10.0. The number of hydrogen-bond donors (Lipinski definition) is 1. The van der Waals surface area contributed by atoms with Crippen LogP contribution < -0.4 is 5.73 Å². The van der Waals surface area contributed by atoms with Gasteiger partial charge in [-0.15, -0.1) is 0 Å². The molecule has 0 aromatic carbocycles. The molecule has 0 atom stereocenters. The molecule has 1 rings (SSSR count). The van der Waals surface area contributed by atoms with Gasteiger partial charge in [-0.05, 0) is 13.8 Å². The van der Waals surface area contributed by atoms with E-state index in [0.29, 0.717) is 19.6 Å². The lowest BCUT2D eigenvalue weighted by Crippen LogP contribution is -2.57. The van der Waals surface area contributed by atoms with Crippen LogP contribution in [0, 0.1) is 0 Å². The van der Waals surface area contributed by atoms with Gasteiger partial charge in [0.05, 0.1) is 6.42 Å². The molecule has 0 saturated carbocycles. The van der Waals surface area contributed by atoms with E-state index in [0.717, 1.165) is 13.1 Å². The third kappa shape index (κ3) is 4.81. The smallest absolute Gasteiger partial charge is 0.329 e. The molecule has 0 aromatic heterocycles. The Morgan fingerprint density at radius 2 is 1.59 bits per heavy atom. The van der Waals surface area contributed by atoms with E-state index in [1.807, 2.05) is 4.90 Å². The minimum Gasteiger partial charge on any atom is -0.329 e. The van der Waals surface area contributed by atoms with Crippen molar-refractivity contribution in [3.8, 4) is 0 Å². The summed E-state index contributed by atoms with van der Waals surface area (Å²) in [5.41, 5.74) is 5.62. The summed E-state index contributed by atoms with van der Waals surface area (Å²) in [5, 5.41) is 0. The molecule has 1 saturated heterocycles. The number of hydrogen-bond acceptors (Lipinski definition) is 3. The maximum Gasteiger partial charge on any atom is 0.390 e. The normalized spacial score (nSPS) is 20.8. The predicted molar refractivity (Wildman–Crippen MR) is 61.8 cm³/mol. The third-order valence-electron chi connectivity index (χ3n) is 3.44. The van der Waals surface area contributed by atoms with E-state index in [2.05, 4.69) is 18.7 Å². The molecule has 2 N–H and O–H groups in total. The number of halogens is 3. The highest BCUT2D eigenvalue weighted by atomic mass is 19.4. The molecule has 17 heavy (non-hydrogen) atoms. The van der Waals surface area contributed by atoms with Gasteiger partial charge in [0.15, 0.2) is 0 Å². The molecule has 3 nitrogen and oxygen atoms in total. The largest absolute Gasteiger partial charge is 0.390 e. The number of alkyl halides is 3. The lowest BCUT2D eigenvalue weighted by molar-refractivity contribution is -0.139. The fourth-order valence-electron chi connectivity index (χ4n) is 1.99. The summed E-state index contributed by atoms with van der Waals surface area (Å²) in [6.45, 7) is 7.79. The van der Waals surface area contributed by atoms with Gasteiger partial charge in [0, 0.05) is 44.8 Å². The zero-order valence-electron chi connectivity index (χ0n) is 10.6. The van der Waals surface area contributed by atoms with E-state index in [1.165, 1.54) is 0 Å². The summed E-state index contributed by atoms with van der Waals surface area (Å²) >= 11 is 0. The van der Waals surface area contributed by atoms with Gasteiger partial charge in [0.2, 0.25) is 0 Å². The average molecular weight is 253 g/mol. The maximum absolute atomic E-state index is 12.1. The number of rotatable bonds is 4. The quantitative estimate of drug-likeness (QED) is 0.819. The van der Waals surface area contributed by atoms with Gasteiger partial charge in [-0.25, -0.2) is 0 Å². The predicted octanol–water partition coefficient (Wildman–Crippen LogP) is 1.29. The Hall–Kier alpha value is -0.330. The number of nitrogens with zero attached hydrogens (tertiary/aromatic N) is 2. The van der Waals surface area contributed by atoms with Gasteiger partial charge in [-0.2, -0.15) is 13.2 Å². The monoisotopic (exact) mass is 253 g/mol. The molecule has 0 aromatic rings. The van der Waals surface area contributed by atoms with Crippen molar-refractivity contribution in [1.82, 2.24) is 9.80 Å². The fraction of sp³-hybridized carbons (Fsp3) is 1.00. The molecule has 0 unspecified atom stereocenters. The average Bonchev–Trinajstić information content (AvgIpc) is 2.26. The summed E-state index contributed by atoms with van der Waals surface area (Å²) in [4.78, 5) is 4.12. The van der Waals surface area contributed by atoms with Crippen molar-refractivity contribution in [2.45, 2.75) is 32.0 Å². The Morgan fingerprint density at radius 1 is 1.06 bits per heavy atom. The molecule has 0 bridgehead atoms. The van der Waals surface area contributed by atoms with Crippen molar-refractivity contribution in [2.24, 2.45) is 5.73 Å². The first-order chi connectivity index (χ1) is 7.74. The zero-order valence-corrected chi connectivity index (χ0v) is 10.6. The molecular weight excluding hydrogens is 231 g/mol. The molecular formula is C11H22F3N3. The Kier molecular flexibility index (Phi) is 4.80. The molecule has 1 fully saturated rings. The van der Waals surface area contributed by atoms with Crippen molar-refractivity contribution < 1.29 is 13.2 Å². The maximum atomic E-state index is 12.1. The van der Waals surface area contributed by atoms with Gasteiger partial charge < -0.3 is 10.6 Å². The van der Waals surface area contributed by atoms with E-state index in [1.54, 1.807) is 0 Å². The lowest BCUT2D eigenvalue weighted by Gasteiger charge is -2.43. The van der Waals surface area contributed by atoms with E-state index < -0.39 is 12.6 Å². The van der Waals surface area contributed by atoms with Crippen LogP contribution in [0.4, 0.5) is 13.2 Å². The molecule has 1 heterocycles. The second kappa shape index (κ2) is 5.54. The molecule has 102 valence electrons. The van der Waals surface area contributed by atoms with Crippen LogP contribution in [0.3, 0.4) is 0 Å². The van der Waals surface area contributed by atoms with Gasteiger partial charge in [-0.1, -0.05) is 0 Å². The second-order valence-corrected chi connectivity index (χ2v) is 5.21. The SMILES string of the molecule is CC(C)(CN)N1CCN(CCC(F)(F)F)CC1. The van der Waals surface area contributed by atoms with E-state index in [9.17, 15) is 13.2 Å². The molecule has 1 aliphatic heterocycles. The van der Waals surface area contributed by atoms with Crippen LogP contribution >= 0.6 is 0 Å². The van der Waals surface area contributed by atoms with Crippen LogP contribution in [0.1, 0.15) is 20.3 Å². The minimum absolute atomic E-state index is 0.0594. The van der Waals surface area contributed by atoms with Gasteiger partial charge in [0.1, 0.15) is 0 Å². The zero-order chi connectivity index (χ0) is 13.1. The molecule has 6 heteroatoms. The van der Waals surface area contributed by atoms with Gasteiger partial charge >= 0.3 is 6.18 Å². The van der Waals surface area contributed by atoms with Gasteiger partial charge in [-0.3, -0.25) is 4.90 Å². The third-order valence-corrected chi connectivity index (χ3v) is 3.44. The highest BCUT2D eigenvalue weighted by Gasteiger charge is 2.31. The Bertz CT molecular complexity index is 233. The van der Waals surface area contributed by atoms with Crippen molar-refractivity contribution in [2.75, 3.05) is 39.3 Å². The summed E-state index contributed by atoms with van der Waals surface area (Å²) in [6.07, 6.45) is -4.76. The highest BCUT2D eigenvalue weighted by Crippen LogP contribution is 2.21. The van der Waals surface area contributed by atoms with E-state index in [-0.39, 0.29) is 12.1 Å². The molecule has 0 spiro atoms. The van der Waals surface area contributed by atoms with Crippen LogP contribution in [0.2, 0.25) is 0 Å². The molecule has 0 amide bonds. The fourth-order valence-corrected chi connectivity index (χ4v) is 1.99. The summed E-state index contributed by atoms with van der Waals surface area (Å²) < 4.78 is 36.2. The van der Waals surface area contributed by atoms with Crippen LogP contribution in [0.5, 0.6) is 0 Å². The Balaban J connectivity index is 2.31. The van der Waals surface area contributed by atoms with E-state index >= 15 is 0 Å². The Morgan fingerprint density at radius 3 is 2.00 bits per heavy atom. The number of nitrogens with two attached hydrogens (primary N) is 1. The van der Waals surface area contributed by atoms with Crippen LogP contribution in [-0.4, -0.2) is 60.8 Å². The van der Waals surface area contributed by atoms with Crippen LogP contribution in [0.25, 0.3) is 0 Å². The summed E-state index contributed by atoms with van der Waals surface area (Å²) in [5.74, 6) is 0. The first kappa shape index (κ1) is 14.7. The molecule has 0 aliphatic carbocycles. The summed E-state index contributed by atoms with van der Waals surface area (Å²) in [7, 11) is 0. The second-order valence-electron chi connectivity index (χ2n) is 5.21. The first-order valence-corrected chi connectivity index (χ1v) is 5.99. The highest BCUT2D eigenvalue weighted by molar-refractivity contribution is 4.86. The standard InChI is InChI=1S/C11H22F3N3/c1-10(2,9-15)17-7-5-16(6-8-17)4-3-11(12,13)14/h3-9,15H2,1-2H3. The van der Waals surface area contributed by atoms with Crippen LogP contribution in [-0.2, 0) is 0 Å². The van der Waals surface area contributed by atoms with Crippen molar-refractivity contribution in [3.63, 3.8) is 0 Å². The number of piperazine rings is 1. The summed E-state index contributed by atoms with van der Waals surface area (Å²) in [6, 6.07) is 0. The molecule has 1 aliphatic rings. The van der Waals surface area contributed by atoms with E-state index in [4.69, 9.17) is 5.73 Å².